The average molecular weight is 472 g/mol. The molecular formula is C22H25N5O5S. The van der Waals surface area contributed by atoms with Gasteiger partial charge < -0.3 is 25.1 Å². The van der Waals surface area contributed by atoms with E-state index >= 15 is 0 Å². The van der Waals surface area contributed by atoms with E-state index in [1.807, 2.05) is 6.07 Å². The minimum atomic E-state index is -3.57. The normalized spacial score (nSPS) is 18.9. The summed E-state index contributed by atoms with van der Waals surface area (Å²) in [5.74, 6) is 0.980. The third-order valence-corrected chi connectivity index (χ3v) is 6.77. The topological polar surface area (TPSA) is 135 Å². The van der Waals surface area contributed by atoms with Crippen LogP contribution in [0.15, 0.2) is 29.2 Å². The molecule has 5 rings (SSSR count). The molecule has 1 aliphatic heterocycles. The number of amides is 1. The molecule has 2 fully saturated rings. The number of carbonyl (C=O) groups excluding carboxylic acids is 1. The number of pyridine rings is 1. The Morgan fingerprint density at radius 3 is 2.67 bits per heavy atom. The Kier molecular flexibility index (Phi) is 5.55. The molecule has 0 unspecified atom stereocenters. The Morgan fingerprint density at radius 2 is 1.97 bits per heavy atom. The fraction of sp³-hybridized carbons (Fsp3) is 0.409. The van der Waals surface area contributed by atoms with Crippen LogP contribution in [-0.2, 0) is 24.1 Å². The maximum absolute atomic E-state index is 12.6. The number of aromatic nitrogens is 3. The molecule has 0 bridgehead atoms. The second-order valence-corrected chi connectivity index (χ2v) is 10.4. The highest BCUT2D eigenvalue weighted by molar-refractivity contribution is 7.90. The maximum atomic E-state index is 12.6. The van der Waals surface area contributed by atoms with Gasteiger partial charge in [0.25, 0.3) is 0 Å². The molecule has 2 aliphatic rings. The van der Waals surface area contributed by atoms with Crippen molar-refractivity contribution < 1.29 is 22.7 Å². The van der Waals surface area contributed by atoms with Crippen LogP contribution in [0.25, 0.3) is 11.2 Å². The summed E-state index contributed by atoms with van der Waals surface area (Å²) in [4.78, 5) is 24.4. The molecule has 1 aromatic carbocycles. The van der Waals surface area contributed by atoms with Crippen LogP contribution in [0.2, 0.25) is 0 Å². The van der Waals surface area contributed by atoms with Crippen molar-refractivity contribution >= 4 is 44.1 Å². The van der Waals surface area contributed by atoms with Crippen molar-refractivity contribution in [3.05, 3.63) is 35.7 Å². The number of hydrogen-bond donors (Lipinski definition) is 3. The number of benzene rings is 1. The molecule has 0 radical (unpaired) electrons. The highest BCUT2D eigenvalue weighted by Gasteiger charge is 2.30. The van der Waals surface area contributed by atoms with E-state index in [2.05, 4.69) is 25.6 Å². The van der Waals surface area contributed by atoms with E-state index in [0.717, 1.165) is 24.7 Å². The van der Waals surface area contributed by atoms with Crippen LogP contribution in [0.5, 0.6) is 0 Å². The molecule has 1 aliphatic carbocycles. The van der Waals surface area contributed by atoms with Crippen LogP contribution in [0.3, 0.4) is 0 Å². The van der Waals surface area contributed by atoms with Gasteiger partial charge in [0.15, 0.2) is 15.5 Å². The number of fused-ring (bicyclic) bond motifs is 1. The average Bonchev–Trinajstić information content (AvgIpc) is 3.56. The molecular weight excluding hydrogens is 446 g/mol. The number of ether oxygens (including phenoxy) is 2. The molecule has 174 valence electrons. The van der Waals surface area contributed by atoms with E-state index in [1.165, 1.54) is 0 Å². The summed E-state index contributed by atoms with van der Waals surface area (Å²) < 4.78 is 36.5. The number of anilines is 3. The van der Waals surface area contributed by atoms with E-state index in [-0.39, 0.29) is 22.8 Å². The first-order chi connectivity index (χ1) is 15.8. The van der Waals surface area contributed by atoms with Gasteiger partial charge in [-0.25, -0.2) is 18.4 Å². The van der Waals surface area contributed by atoms with E-state index in [0.29, 0.717) is 54.0 Å². The van der Waals surface area contributed by atoms with Gasteiger partial charge in [-0.15, -0.1) is 0 Å². The number of sulfone groups is 1. The lowest BCUT2D eigenvalue weighted by molar-refractivity contribution is -0.117. The second kappa shape index (κ2) is 8.40. The van der Waals surface area contributed by atoms with Gasteiger partial charge in [0, 0.05) is 18.2 Å². The minimum Gasteiger partial charge on any atom is -0.376 e. The molecule has 3 aromatic rings. The summed E-state index contributed by atoms with van der Waals surface area (Å²) >= 11 is 0. The Balaban J connectivity index is 1.53. The molecule has 1 amide bonds. The van der Waals surface area contributed by atoms with Gasteiger partial charge in [-0.3, -0.25) is 4.79 Å². The molecule has 10 nitrogen and oxygen atoms in total. The number of hydrogen-bond acceptors (Lipinski definition) is 8. The number of nitrogens with zero attached hydrogens (tertiary/aromatic N) is 2. The molecule has 33 heavy (non-hydrogen) atoms. The smallest absolute Gasteiger partial charge is 0.228 e. The summed E-state index contributed by atoms with van der Waals surface area (Å²) in [6.07, 6.45) is 2.60. The van der Waals surface area contributed by atoms with Crippen LogP contribution in [0, 0.1) is 12.8 Å². The number of carbonyl (C=O) groups is 1. The number of aryl methyl sites for hydroxylation is 1. The quantitative estimate of drug-likeness (QED) is 0.499. The predicted molar refractivity (Wildman–Crippen MR) is 122 cm³/mol. The number of aromatic amines is 1. The monoisotopic (exact) mass is 471 g/mol. The second-order valence-electron chi connectivity index (χ2n) is 8.43. The van der Waals surface area contributed by atoms with Crippen LogP contribution >= 0.6 is 0 Å². The number of H-pyrrole nitrogens is 1. The molecule has 1 saturated carbocycles. The zero-order valence-electron chi connectivity index (χ0n) is 18.3. The molecule has 1 atom stereocenters. The predicted octanol–water partition coefficient (Wildman–Crippen LogP) is 2.85. The SMILES string of the molecule is Cc1nc2c(Nc3ccc([C@H]4COCCO4)cc3S(C)(=O)=O)cc(NC(=O)C3CC3)nc2[nH]1. The lowest BCUT2D eigenvalue weighted by Crippen LogP contribution is -2.22. The van der Waals surface area contributed by atoms with E-state index in [1.54, 1.807) is 25.1 Å². The number of rotatable bonds is 6. The van der Waals surface area contributed by atoms with Crippen LogP contribution in [-0.4, -0.2) is 55.4 Å². The first kappa shape index (κ1) is 21.8. The molecule has 3 heterocycles. The van der Waals surface area contributed by atoms with Crippen molar-refractivity contribution in [2.75, 3.05) is 36.7 Å². The van der Waals surface area contributed by atoms with Crippen molar-refractivity contribution in [1.82, 2.24) is 15.0 Å². The molecule has 11 heteroatoms. The first-order valence-corrected chi connectivity index (χ1v) is 12.7. The summed E-state index contributed by atoms with van der Waals surface area (Å²) in [6.45, 7) is 3.16. The molecule has 3 N–H and O–H groups in total. The van der Waals surface area contributed by atoms with Crippen molar-refractivity contribution in [2.24, 2.45) is 5.92 Å². The minimum absolute atomic E-state index is 0.0257. The standard InChI is InChI=1S/C22H25N5O5S/c1-12-23-20-16(10-19(26-21(20)24-12)27-22(28)13-3-4-13)25-15-6-5-14(9-18(15)33(2,29)30)17-11-31-7-8-32-17/h5-6,9-10,13,17H,3-4,7-8,11H2,1-2H3,(H3,23,24,25,26,27,28)/t17-/m1/s1. The van der Waals surface area contributed by atoms with Gasteiger partial charge in [-0.1, -0.05) is 6.07 Å². The Morgan fingerprint density at radius 1 is 1.15 bits per heavy atom. The Hall–Kier alpha value is -3.02. The fourth-order valence-electron chi connectivity index (χ4n) is 3.81. The van der Waals surface area contributed by atoms with Gasteiger partial charge in [0.2, 0.25) is 5.91 Å². The van der Waals surface area contributed by atoms with Gasteiger partial charge in [0.1, 0.15) is 23.3 Å². The van der Waals surface area contributed by atoms with E-state index in [4.69, 9.17) is 9.47 Å². The Labute approximate surface area is 191 Å². The fourth-order valence-corrected chi connectivity index (χ4v) is 4.68. The summed E-state index contributed by atoms with van der Waals surface area (Å²) in [5, 5.41) is 6.04. The maximum Gasteiger partial charge on any atom is 0.228 e. The largest absolute Gasteiger partial charge is 0.376 e. The highest BCUT2D eigenvalue weighted by Crippen LogP contribution is 2.34. The number of nitrogens with one attached hydrogen (secondary N) is 3. The molecule has 2 aromatic heterocycles. The van der Waals surface area contributed by atoms with Crippen molar-refractivity contribution in [1.29, 1.82) is 0 Å². The lowest BCUT2D eigenvalue weighted by atomic mass is 10.1. The van der Waals surface area contributed by atoms with Crippen molar-refractivity contribution in [3.63, 3.8) is 0 Å². The highest BCUT2D eigenvalue weighted by atomic mass is 32.2. The van der Waals surface area contributed by atoms with E-state index in [9.17, 15) is 13.2 Å². The van der Waals surface area contributed by atoms with Crippen molar-refractivity contribution in [3.8, 4) is 0 Å². The zero-order chi connectivity index (χ0) is 23.2. The van der Waals surface area contributed by atoms with Gasteiger partial charge >= 0.3 is 0 Å². The van der Waals surface area contributed by atoms with Gasteiger partial charge in [-0.05, 0) is 37.5 Å². The third-order valence-electron chi connectivity index (χ3n) is 5.63. The van der Waals surface area contributed by atoms with Crippen LogP contribution < -0.4 is 10.6 Å². The third kappa shape index (κ3) is 4.70. The summed E-state index contributed by atoms with van der Waals surface area (Å²) in [6, 6.07) is 6.81. The summed E-state index contributed by atoms with van der Waals surface area (Å²) in [7, 11) is -3.57. The first-order valence-electron chi connectivity index (χ1n) is 10.8. The lowest BCUT2D eigenvalue weighted by Gasteiger charge is -2.24. The van der Waals surface area contributed by atoms with Crippen LogP contribution in [0.4, 0.5) is 17.2 Å². The Bertz CT molecular complexity index is 1330. The summed E-state index contributed by atoms with van der Waals surface area (Å²) in [5.41, 5.74) is 2.70. The van der Waals surface area contributed by atoms with E-state index < -0.39 is 9.84 Å². The van der Waals surface area contributed by atoms with Crippen LogP contribution in [0.1, 0.15) is 30.3 Å². The molecule has 0 spiro atoms. The van der Waals surface area contributed by atoms with Gasteiger partial charge in [0.05, 0.1) is 36.1 Å². The molecule has 1 saturated heterocycles. The van der Waals surface area contributed by atoms with Crippen molar-refractivity contribution in [2.45, 2.75) is 30.8 Å². The zero-order valence-corrected chi connectivity index (χ0v) is 19.2. The van der Waals surface area contributed by atoms with Gasteiger partial charge in [-0.2, -0.15) is 0 Å². The number of imidazole rings is 1.